The van der Waals surface area contributed by atoms with Crippen LogP contribution in [0.1, 0.15) is 19.0 Å². The highest BCUT2D eigenvalue weighted by Gasteiger charge is 2.07. The van der Waals surface area contributed by atoms with Gasteiger partial charge in [-0.15, -0.1) is 24.8 Å². The number of rotatable bonds is 5. The molecule has 2 aromatic heterocycles. The van der Waals surface area contributed by atoms with Gasteiger partial charge in [0, 0.05) is 37.7 Å². The summed E-state index contributed by atoms with van der Waals surface area (Å²) >= 11 is 0. The molecule has 2 aromatic rings. The highest BCUT2D eigenvalue weighted by atomic mass is 35.5. The Morgan fingerprint density at radius 3 is 2.60 bits per heavy atom. The van der Waals surface area contributed by atoms with Crippen molar-refractivity contribution in [2.75, 3.05) is 0 Å². The van der Waals surface area contributed by atoms with Crippen molar-refractivity contribution in [1.29, 1.82) is 0 Å². The molecule has 0 radical (unpaired) electrons. The van der Waals surface area contributed by atoms with E-state index in [0.717, 1.165) is 19.5 Å². The highest BCUT2D eigenvalue weighted by Crippen LogP contribution is 2.12. The molecular formula is C13H19Cl2N3O2. The Balaban J connectivity index is 0.00000180. The van der Waals surface area contributed by atoms with Gasteiger partial charge in [-0.2, -0.15) is 0 Å². The summed E-state index contributed by atoms with van der Waals surface area (Å²) in [6.07, 6.45) is 8.77. The van der Waals surface area contributed by atoms with E-state index in [1.165, 1.54) is 6.07 Å². The number of halogens is 2. The Bertz CT molecular complexity index is 567. The topological polar surface area (TPSA) is 60.0 Å². The maximum atomic E-state index is 11.3. The van der Waals surface area contributed by atoms with E-state index in [-0.39, 0.29) is 36.0 Å². The molecule has 0 aliphatic heterocycles. The van der Waals surface area contributed by atoms with Gasteiger partial charge in [0.15, 0.2) is 5.75 Å². The minimum atomic E-state index is -0.308. The quantitative estimate of drug-likeness (QED) is 0.919. The van der Waals surface area contributed by atoms with E-state index in [1.54, 1.807) is 18.7 Å². The summed E-state index contributed by atoms with van der Waals surface area (Å²) in [6, 6.07) is 1.41. The van der Waals surface area contributed by atoms with Gasteiger partial charge in [-0.05, 0) is 12.8 Å². The maximum absolute atomic E-state index is 11.3. The van der Waals surface area contributed by atoms with Gasteiger partial charge >= 0.3 is 0 Å². The fourth-order valence-electron chi connectivity index (χ4n) is 2.03. The van der Waals surface area contributed by atoms with Crippen LogP contribution in [0.15, 0.2) is 35.8 Å². The smallest absolute Gasteiger partial charge is 0.223 e. The molecule has 0 aliphatic rings. The van der Waals surface area contributed by atoms with E-state index in [0.29, 0.717) is 12.1 Å². The number of pyridine rings is 1. The van der Waals surface area contributed by atoms with E-state index in [1.807, 2.05) is 22.3 Å². The zero-order chi connectivity index (χ0) is 13.0. The van der Waals surface area contributed by atoms with Gasteiger partial charge in [0.1, 0.15) is 0 Å². The largest absolute Gasteiger partial charge is 0.503 e. The Labute approximate surface area is 130 Å². The number of aromatic nitrogens is 3. The minimum absolute atomic E-state index is 0. The van der Waals surface area contributed by atoms with Crippen molar-refractivity contribution >= 4 is 24.8 Å². The lowest BCUT2D eigenvalue weighted by Crippen LogP contribution is -2.13. The zero-order valence-corrected chi connectivity index (χ0v) is 12.9. The number of hydrogen-bond acceptors (Lipinski definition) is 3. The first-order valence-corrected chi connectivity index (χ1v) is 6.09. The van der Waals surface area contributed by atoms with E-state index in [2.05, 4.69) is 4.98 Å². The average molecular weight is 320 g/mol. The first-order valence-electron chi connectivity index (χ1n) is 6.09. The number of aryl methyl sites for hydroxylation is 2. The van der Waals surface area contributed by atoms with Crippen molar-refractivity contribution in [2.24, 2.45) is 0 Å². The third-order valence-electron chi connectivity index (χ3n) is 2.97. The molecule has 0 aromatic carbocycles. The molecule has 7 heteroatoms. The van der Waals surface area contributed by atoms with Crippen LogP contribution in [0.2, 0.25) is 0 Å². The predicted octanol–water partition coefficient (Wildman–Crippen LogP) is 2.25. The molecule has 20 heavy (non-hydrogen) atoms. The molecule has 2 heterocycles. The van der Waals surface area contributed by atoms with Crippen LogP contribution in [0.5, 0.6) is 5.75 Å². The zero-order valence-electron chi connectivity index (χ0n) is 11.2. The summed E-state index contributed by atoms with van der Waals surface area (Å²) < 4.78 is 3.95. The normalized spacial score (nSPS) is 9.65. The van der Waals surface area contributed by atoms with Crippen LogP contribution >= 0.6 is 24.8 Å². The van der Waals surface area contributed by atoms with Gasteiger partial charge in [-0.1, -0.05) is 6.92 Å². The third kappa shape index (κ3) is 4.28. The molecule has 0 bridgehead atoms. The number of hydrogen-bond donors (Lipinski definition) is 1. The van der Waals surface area contributed by atoms with Gasteiger partial charge in [-0.25, -0.2) is 4.98 Å². The van der Waals surface area contributed by atoms with Crippen LogP contribution in [-0.4, -0.2) is 19.2 Å². The number of aromatic hydroxyl groups is 1. The van der Waals surface area contributed by atoms with Gasteiger partial charge in [0.05, 0.1) is 12.0 Å². The predicted molar refractivity (Wildman–Crippen MR) is 83.1 cm³/mol. The highest BCUT2D eigenvalue weighted by molar-refractivity contribution is 5.85. The Morgan fingerprint density at radius 1 is 1.25 bits per heavy atom. The molecule has 5 nitrogen and oxygen atoms in total. The van der Waals surface area contributed by atoms with Crippen molar-refractivity contribution in [3.05, 3.63) is 46.9 Å². The average Bonchev–Trinajstić information content (AvgIpc) is 2.87. The number of nitrogens with zero attached hydrogens (tertiary/aromatic N) is 3. The first kappa shape index (κ1) is 18.5. The van der Waals surface area contributed by atoms with Crippen LogP contribution in [0, 0.1) is 0 Å². The Kier molecular flexibility index (Phi) is 8.03. The molecule has 0 aliphatic carbocycles. The van der Waals surface area contributed by atoms with Crippen molar-refractivity contribution < 1.29 is 5.11 Å². The molecule has 0 fully saturated rings. The minimum Gasteiger partial charge on any atom is -0.503 e. The summed E-state index contributed by atoms with van der Waals surface area (Å²) in [5.41, 5.74) is 0.394. The van der Waals surface area contributed by atoms with E-state index in [9.17, 15) is 9.90 Å². The Hall–Kier alpha value is -1.46. The number of imidazole rings is 1. The SMILES string of the molecule is CCc1c(O)c(=O)ccn1CCCn1ccnc1.Cl.Cl. The monoisotopic (exact) mass is 319 g/mol. The molecule has 0 unspecified atom stereocenters. The molecule has 0 saturated carbocycles. The summed E-state index contributed by atoms with van der Waals surface area (Å²) in [6.45, 7) is 3.58. The standard InChI is InChI=1S/C13H17N3O2.2ClH/c1-2-11-13(18)12(17)4-8-16(11)7-3-6-15-9-5-14-10-15;;/h4-5,8-10,18H,2-3,6-7H2,1H3;2*1H. The second-order valence-electron chi connectivity index (χ2n) is 4.18. The molecule has 0 atom stereocenters. The van der Waals surface area contributed by atoms with Crippen LogP contribution in [0.25, 0.3) is 0 Å². The van der Waals surface area contributed by atoms with E-state index >= 15 is 0 Å². The maximum Gasteiger partial charge on any atom is 0.223 e. The van der Waals surface area contributed by atoms with Crippen molar-refractivity contribution in [3.8, 4) is 5.75 Å². The van der Waals surface area contributed by atoms with Crippen LogP contribution in [0.4, 0.5) is 0 Å². The molecular weight excluding hydrogens is 301 g/mol. The van der Waals surface area contributed by atoms with Crippen molar-refractivity contribution in [1.82, 2.24) is 14.1 Å². The summed E-state index contributed by atoms with van der Waals surface area (Å²) in [5.74, 6) is -0.123. The molecule has 1 N–H and O–H groups in total. The lowest BCUT2D eigenvalue weighted by atomic mass is 10.2. The summed E-state index contributed by atoms with van der Waals surface area (Å²) in [7, 11) is 0. The Morgan fingerprint density at radius 2 is 2.00 bits per heavy atom. The molecule has 0 saturated heterocycles. The fourth-order valence-corrected chi connectivity index (χ4v) is 2.03. The van der Waals surface area contributed by atoms with Crippen LogP contribution in [-0.2, 0) is 19.5 Å². The van der Waals surface area contributed by atoms with Crippen LogP contribution in [0.3, 0.4) is 0 Å². The van der Waals surface area contributed by atoms with Gasteiger partial charge in [-0.3, -0.25) is 4.79 Å². The summed E-state index contributed by atoms with van der Waals surface area (Å²) in [4.78, 5) is 15.3. The van der Waals surface area contributed by atoms with Crippen molar-refractivity contribution in [2.45, 2.75) is 32.9 Å². The fraction of sp³-hybridized carbons (Fsp3) is 0.385. The van der Waals surface area contributed by atoms with E-state index in [4.69, 9.17) is 0 Å². The van der Waals surface area contributed by atoms with Crippen LogP contribution < -0.4 is 5.43 Å². The molecule has 2 rings (SSSR count). The molecule has 0 amide bonds. The van der Waals surface area contributed by atoms with Crippen molar-refractivity contribution in [3.63, 3.8) is 0 Å². The summed E-state index contributed by atoms with van der Waals surface area (Å²) in [5, 5.41) is 9.71. The lowest BCUT2D eigenvalue weighted by Gasteiger charge is -2.13. The second kappa shape index (κ2) is 8.66. The van der Waals surface area contributed by atoms with Gasteiger partial charge in [0.25, 0.3) is 0 Å². The van der Waals surface area contributed by atoms with E-state index < -0.39 is 0 Å². The third-order valence-corrected chi connectivity index (χ3v) is 2.97. The molecule has 0 spiro atoms. The molecule has 112 valence electrons. The van der Waals surface area contributed by atoms with Gasteiger partial charge in [0.2, 0.25) is 5.43 Å². The first-order chi connectivity index (χ1) is 8.72. The second-order valence-corrected chi connectivity index (χ2v) is 4.18. The van der Waals surface area contributed by atoms with Gasteiger partial charge < -0.3 is 14.2 Å². The lowest BCUT2D eigenvalue weighted by molar-refractivity contribution is 0.444.